The van der Waals surface area contributed by atoms with Gasteiger partial charge in [0.15, 0.2) is 0 Å². The van der Waals surface area contributed by atoms with Gasteiger partial charge >= 0.3 is 0 Å². The second-order valence-corrected chi connectivity index (χ2v) is 15.5. The number of nitrogens with zero attached hydrogens (tertiary/aromatic N) is 2. The first kappa shape index (κ1) is 37.3. The Kier molecular flexibility index (Phi) is 13.3. The summed E-state index contributed by atoms with van der Waals surface area (Å²) in [7, 11) is -4.22. The van der Waals surface area contributed by atoms with E-state index in [1.807, 2.05) is 55.6 Å². The minimum absolute atomic E-state index is 0.0204. The number of amides is 2. The molecule has 4 aromatic rings. The van der Waals surface area contributed by atoms with Crippen molar-refractivity contribution in [1.29, 1.82) is 0 Å². The molecule has 0 aliphatic heterocycles. The van der Waals surface area contributed by atoms with Crippen LogP contribution in [0.15, 0.2) is 113 Å². The SMILES string of the molecule is CCOc1ccc(N(CC(=O)N(Cc2ccc(Cl)cc2)[C@H](Cc2ccccc2)C(=O)NC2CCCCC2)S(=O)(=O)c2ccc(SC)cc2)cc1. The van der Waals surface area contributed by atoms with E-state index < -0.39 is 28.5 Å². The van der Waals surface area contributed by atoms with Crippen LogP contribution in [0.4, 0.5) is 5.69 Å². The number of carbonyl (C=O) groups is 2. The van der Waals surface area contributed by atoms with E-state index in [-0.39, 0.29) is 29.8 Å². The molecule has 1 saturated carbocycles. The molecule has 50 heavy (non-hydrogen) atoms. The van der Waals surface area contributed by atoms with Gasteiger partial charge in [-0.2, -0.15) is 0 Å². The summed E-state index contributed by atoms with van der Waals surface area (Å²) in [6.45, 7) is 1.86. The number of nitrogens with one attached hydrogen (secondary N) is 1. The molecule has 1 fully saturated rings. The molecule has 2 amide bonds. The topological polar surface area (TPSA) is 96.0 Å². The van der Waals surface area contributed by atoms with Gasteiger partial charge in [0.1, 0.15) is 18.3 Å². The third-order valence-electron chi connectivity index (χ3n) is 8.85. The Hall–Kier alpha value is -3.99. The summed E-state index contributed by atoms with van der Waals surface area (Å²) in [5.74, 6) is -0.194. The van der Waals surface area contributed by atoms with E-state index in [9.17, 15) is 18.0 Å². The van der Waals surface area contributed by atoms with Gasteiger partial charge in [-0.3, -0.25) is 13.9 Å². The molecular weight excluding hydrogens is 690 g/mol. The highest BCUT2D eigenvalue weighted by atomic mass is 35.5. The lowest BCUT2D eigenvalue weighted by atomic mass is 9.94. The number of carbonyl (C=O) groups excluding carboxylic acids is 2. The Morgan fingerprint density at radius 1 is 0.880 bits per heavy atom. The molecule has 0 bridgehead atoms. The molecule has 1 atom stereocenters. The summed E-state index contributed by atoms with van der Waals surface area (Å²) in [5, 5.41) is 3.78. The van der Waals surface area contributed by atoms with Crippen LogP contribution in [0.25, 0.3) is 0 Å². The van der Waals surface area contributed by atoms with Crippen LogP contribution in [-0.4, -0.2) is 56.6 Å². The largest absolute Gasteiger partial charge is 0.494 e. The monoisotopic (exact) mass is 733 g/mol. The van der Waals surface area contributed by atoms with Crippen LogP contribution in [0.1, 0.15) is 50.2 Å². The van der Waals surface area contributed by atoms with Crippen molar-refractivity contribution in [2.24, 2.45) is 0 Å². The fraction of sp³-hybridized carbons (Fsp3) is 0.333. The Morgan fingerprint density at radius 3 is 2.16 bits per heavy atom. The smallest absolute Gasteiger partial charge is 0.264 e. The number of anilines is 1. The third kappa shape index (κ3) is 9.83. The zero-order valence-electron chi connectivity index (χ0n) is 28.5. The molecule has 8 nitrogen and oxygen atoms in total. The first-order valence-electron chi connectivity index (χ1n) is 17.0. The number of hydrogen-bond acceptors (Lipinski definition) is 6. The predicted octanol–water partition coefficient (Wildman–Crippen LogP) is 7.74. The Balaban J connectivity index is 1.56. The summed E-state index contributed by atoms with van der Waals surface area (Å²) < 4.78 is 35.5. The molecule has 1 N–H and O–H groups in total. The van der Waals surface area contributed by atoms with Crippen LogP contribution in [-0.2, 0) is 32.6 Å². The van der Waals surface area contributed by atoms with Gasteiger partial charge in [-0.25, -0.2) is 8.42 Å². The summed E-state index contributed by atoms with van der Waals surface area (Å²) in [6, 6.07) is 29.0. The molecule has 0 aromatic heterocycles. The molecule has 264 valence electrons. The van der Waals surface area contributed by atoms with E-state index >= 15 is 0 Å². The van der Waals surface area contributed by atoms with Gasteiger partial charge in [0, 0.05) is 28.9 Å². The molecule has 0 saturated heterocycles. The average Bonchev–Trinajstić information content (AvgIpc) is 3.14. The molecule has 0 radical (unpaired) electrons. The highest BCUT2D eigenvalue weighted by Gasteiger charge is 2.35. The fourth-order valence-electron chi connectivity index (χ4n) is 6.16. The second kappa shape index (κ2) is 17.8. The van der Waals surface area contributed by atoms with Gasteiger partial charge in [-0.15, -0.1) is 11.8 Å². The standard InChI is InChI=1S/C39H44ClN3O5S2/c1-3-48-34-20-18-33(19-21-34)43(50(46,47)36-24-22-35(49-2)23-25-36)28-38(44)42(27-30-14-16-31(40)17-15-30)37(26-29-10-6-4-7-11-29)39(45)41-32-12-8-5-9-13-32/h4,6-7,10-11,14-25,32,37H,3,5,8-9,12-13,26-28H2,1-2H3,(H,41,45)/t37-/m1/s1. The zero-order chi connectivity index (χ0) is 35.5. The van der Waals surface area contributed by atoms with Gasteiger partial charge < -0.3 is 15.0 Å². The van der Waals surface area contributed by atoms with E-state index in [2.05, 4.69) is 5.32 Å². The first-order valence-corrected chi connectivity index (χ1v) is 20.0. The van der Waals surface area contributed by atoms with Crippen LogP contribution in [0.5, 0.6) is 5.75 Å². The van der Waals surface area contributed by atoms with Crippen molar-refractivity contribution in [3.8, 4) is 5.75 Å². The number of ether oxygens (including phenoxy) is 1. The molecular formula is C39H44ClN3O5S2. The van der Waals surface area contributed by atoms with Crippen molar-refractivity contribution in [3.63, 3.8) is 0 Å². The first-order chi connectivity index (χ1) is 24.2. The van der Waals surface area contributed by atoms with Gasteiger partial charge in [0.2, 0.25) is 11.8 Å². The number of hydrogen-bond donors (Lipinski definition) is 1. The highest BCUT2D eigenvalue weighted by molar-refractivity contribution is 7.98. The number of thioether (sulfide) groups is 1. The van der Waals surface area contributed by atoms with Gasteiger partial charge in [0.05, 0.1) is 17.2 Å². The van der Waals surface area contributed by atoms with Crippen molar-refractivity contribution < 1.29 is 22.7 Å². The number of halogens is 1. The van der Waals surface area contributed by atoms with Crippen molar-refractivity contribution in [2.75, 3.05) is 23.7 Å². The molecule has 4 aromatic carbocycles. The number of sulfonamides is 1. The van der Waals surface area contributed by atoms with Crippen LogP contribution in [0.2, 0.25) is 5.02 Å². The highest BCUT2D eigenvalue weighted by Crippen LogP contribution is 2.28. The van der Waals surface area contributed by atoms with Crippen LogP contribution < -0.4 is 14.4 Å². The number of rotatable bonds is 15. The van der Waals surface area contributed by atoms with Crippen LogP contribution >= 0.6 is 23.4 Å². The Morgan fingerprint density at radius 2 is 1.54 bits per heavy atom. The molecule has 5 rings (SSSR count). The van der Waals surface area contributed by atoms with Crippen LogP contribution in [0.3, 0.4) is 0 Å². The maximum absolute atomic E-state index is 14.8. The van der Waals surface area contributed by atoms with E-state index in [1.54, 1.807) is 60.7 Å². The maximum atomic E-state index is 14.8. The average molecular weight is 734 g/mol. The van der Waals surface area contributed by atoms with Crippen molar-refractivity contribution in [1.82, 2.24) is 10.2 Å². The minimum atomic E-state index is -4.22. The molecule has 11 heteroatoms. The van der Waals surface area contributed by atoms with Gasteiger partial charge in [-0.1, -0.05) is 73.3 Å². The quantitative estimate of drug-likeness (QED) is 0.126. The molecule has 1 aliphatic rings. The number of benzene rings is 4. The summed E-state index contributed by atoms with van der Waals surface area (Å²) in [6.07, 6.45) is 7.15. The molecule has 0 heterocycles. The van der Waals surface area contributed by atoms with E-state index in [1.165, 1.54) is 16.7 Å². The summed E-state index contributed by atoms with van der Waals surface area (Å²) in [5.41, 5.74) is 1.94. The molecule has 0 unspecified atom stereocenters. The van der Waals surface area contributed by atoms with Crippen molar-refractivity contribution in [2.45, 2.75) is 73.9 Å². The fourth-order valence-corrected chi connectivity index (χ4v) is 8.11. The summed E-state index contributed by atoms with van der Waals surface area (Å²) in [4.78, 5) is 31.5. The lowest BCUT2D eigenvalue weighted by Crippen LogP contribution is -2.55. The second-order valence-electron chi connectivity index (χ2n) is 12.3. The van der Waals surface area contributed by atoms with Crippen LogP contribution in [0, 0.1) is 0 Å². The lowest BCUT2D eigenvalue weighted by Gasteiger charge is -2.35. The van der Waals surface area contributed by atoms with Crippen molar-refractivity contribution in [3.05, 3.63) is 119 Å². The van der Waals surface area contributed by atoms with E-state index in [0.29, 0.717) is 23.1 Å². The minimum Gasteiger partial charge on any atom is -0.494 e. The molecule has 1 aliphatic carbocycles. The Bertz CT molecular complexity index is 1800. The predicted molar refractivity (Wildman–Crippen MR) is 201 cm³/mol. The zero-order valence-corrected chi connectivity index (χ0v) is 30.9. The third-order valence-corrected chi connectivity index (χ3v) is 11.6. The van der Waals surface area contributed by atoms with E-state index in [0.717, 1.165) is 52.4 Å². The Labute approximate surface area is 305 Å². The van der Waals surface area contributed by atoms with E-state index in [4.69, 9.17) is 16.3 Å². The van der Waals surface area contributed by atoms with Crippen molar-refractivity contribution >= 4 is 50.9 Å². The van der Waals surface area contributed by atoms with Gasteiger partial charge in [-0.05, 0) is 97.8 Å². The van der Waals surface area contributed by atoms with Gasteiger partial charge in [0.25, 0.3) is 10.0 Å². The molecule has 0 spiro atoms. The maximum Gasteiger partial charge on any atom is 0.264 e. The lowest BCUT2D eigenvalue weighted by molar-refractivity contribution is -0.140. The summed E-state index contributed by atoms with van der Waals surface area (Å²) >= 11 is 7.71. The normalized spacial score (nSPS) is 14.1.